The summed E-state index contributed by atoms with van der Waals surface area (Å²) in [7, 11) is -3.61. The zero-order valence-electron chi connectivity index (χ0n) is 14.6. The lowest BCUT2D eigenvalue weighted by Gasteiger charge is -2.14. The minimum atomic E-state index is -3.61. The van der Waals surface area contributed by atoms with Gasteiger partial charge in [-0.25, -0.2) is 8.42 Å². The van der Waals surface area contributed by atoms with Crippen molar-refractivity contribution in [2.45, 2.75) is 22.8 Å². The lowest BCUT2D eigenvalue weighted by Crippen LogP contribution is -2.10. The standard InChI is InChI=1S/C20H18N4O2S/c1-15(16-8-4-2-5-9-16)21-20-23-22-19-13-12-18(14-24(19)20)27(25,26)17-10-6-3-7-11-17/h2-15H,1H3,(H,21,23). The molecule has 6 nitrogen and oxygen atoms in total. The van der Waals surface area contributed by atoms with Gasteiger partial charge in [-0.1, -0.05) is 48.5 Å². The molecular weight excluding hydrogens is 360 g/mol. The maximum absolute atomic E-state index is 12.9. The average Bonchev–Trinajstić information content (AvgIpc) is 3.11. The van der Waals surface area contributed by atoms with Gasteiger partial charge in [0, 0.05) is 6.20 Å². The van der Waals surface area contributed by atoms with E-state index in [9.17, 15) is 8.42 Å². The molecule has 1 N–H and O–H groups in total. The summed E-state index contributed by atoms with van der Waals surface area (Å²) in [6, 6.07) is 21.5. The van der Waals surface area contributed by atoms with Crippen molar-refractivity contribution < 1.29 is 8.42 Å². The Bertz CT molecular complexity index is 1170. The highest BCUT2D eigenvalue weighted by atomic mass is 32.2. The fourth-order valence-corrected chi connectivity index (χ4v) is 4.16. The minimum absolute atomic E-state index is 0.00649. The number of aromatic nitrogens is 3. The van der Waals surface area contributed by atoms with Crippen molar-refractivity contribution >= 4 is 21.4 Å². The summed E-state index contributed by atoms with van der Waals surface area (Å²) in [5.41, 5.74) is 1.67. The van der Waals surface area contributed by atoms with Gasteiger partial charge in [0.2, 0.25) is 15.8 Å². The largest absolute Gasteiger partial charge is 0.347 e. The molecule has 4 aromatic rings. The van der Waals surface area contributed by atoms with Crippen LogP contribution in [0, 0.1) is 0 Å². The van der Waals surface area contributed by atoms with Crippen molar-refractivity contribution in [2.75, 3.05) is 5.32 Å². The van der Waals surface area contributed by atoms with Gasteiger partial charge >= 0.3 is 0 Å². The van der Waals surface area contributed by atoms with Crippen molar-refractivity contribution in [1.82, 2.24) is 14.6 Å². The maximum atomic E-state index is 12.9. The molecule has 2 aromatic carbocycles. The first-order chi connectivity index (χ1) is 13.1. The molecule has 1 atom stereocenters. The van der Waals surface area contributed by atoms with E-state index in [-0.39, 0.29) is 15.8 Å². The molecule has 27 heavy (non-hydrogen) atoms. The molecule has 0 bridgehead atoms. The molecular formula is C20H18N4O2S. The SMILES string of the molecule is CC(Nc1nnc2ccc(S(=O)(=O)c3ccccc3)cn12)c1ccccc1. The van der Waals surface area contributed by atoms with Gasteiger partial charge in [-0.2, -0.15) is 0 Å². The summed E-state index contributed by atoms with van der Waals surface area (Å²) >= 11 is 0. The van der Waals surface area contributed by atoms with Crippen LogP contribution < -0.4 is 5.32 Å². The molecule has 2 heterocycles. The molecule has 0 aliphatic heterocycles. The van der Waals surface area contributed by atoms with E-state index in [2.05, 4.69) is 15.5 Å². The average molecular weight is 378 g/mol. The smallest absolute Gasteiger partial charge is 0.229 e. The van der Waals surface area contributed by atoms with E-state index < -0.39 is 9.84 Å². The van der Waals surface area contributed by atoms with E-state index >= 15 is 0 Å². The van der Waals surface area contributed by atoms with Crippen LogP contribution in [0.3, 0.4) is 0 Å². The predicted octanol–water partition coefficient (Wildman–Crippen LogP) is 3.74. The molecule has 0 saturated carbocycles. The summed E-state index contributed by atoms with van der Waals surface area (Å²) in [6.45, 7) is 2.01. The first-order valence-electron chi connectivity index (χ1n) is 8.52. The molecule has 1 unspecified atom stereocenters. The number of fused-ring (bicyclic) bond motifs is 1. The molecule has 0 fully saturated rings. The van der Waals surface area contributed by atoms with Crippen LogP contribution in [0.25, 0.3) is 5.65 Å². The first kappa shape index (κ1) is 17.2. The second kappa shape index (κ2) is 6.85. The highest BCUT2D eigenvalue weighted by Gasteiger charge is 2.19. The second-order valence-electron chi connectivity index (χ2n) is 6.21. The number of hydrogen-bond acceptors (Lipinski definition) is 5. The van der Waals surface area contributed by atoms with Gasteiger partial charge in [-0.3, -0.25) is 4.40 Å². The number of anilines is 1. The van der Waals surface area contributed by atoms with Gasteiger partial charge < -0.3 is 5.32 Å². The van der Waals surface area contributed by atoms with Gasteiger partial charge in [-0.05, 0) is 36.8 Å². The molecule has 0 saturated heterocycles. The van der Waals surface area contributed by atoms with E-state index in [1.54, 1.807) is 53.1 Å². The van der Waals surface area contributed by atoms with Crippen LogP contribution in [-0.2, 0) is 9.84 Å². The van der Waals surface area contributed by atoms with Gasteiger partial charge in [0.1, 0.15) is 0 Å². The number of sulfone groups is 1. The summed E-state index contributed by atoms with van der Waals surface area (Å²) in [4.78, 5) is 0.445. The summed E-state index contributed by atoms with van der Waals surface area (Å²) in [5, 5.41) is 11.6. The van der Waals surface area contributed by atoms with E-state index in [0.29, 0.717) is 11.6 Å². The van der Waals surface area contributed by atoms with Crippen molar-refractivity contribution in [1.29, 1.82) is 0 Å². The second-order valence-corrected chi connectivity index (χ2v) is 8.16. The Kier molecular flexibility index (Phi) is 4.37. The summed E-state index contributed by atoms with van der Waals surface area (Å²) < 4.78 is 27.4. The summed E-state index contributed by atoms with van der Waals surface area (Å²) in [5.74, 6) is 0.492. The van der Waals surface area contributed by atoms with Crippen LogP contribution in [0.4, 0.5) is 5.95 Å². The lowest BCUT2D eigenvalue weighted by atomic mass is 10.1. The molecule has 0 amide bonds. The highest BCUT2D eigenvalue weighted by molar-refractivity contribution is 7.91. The fourth-order valence-electron chi connectivity index (χ4n) is 2.88. The van der Waals surface area contributed by atoms with Crippen LogP contribution in [0.5, 0.6) is 0 Å². The minimum Gasteiger partial charge on any atom is -0.347 e. The van der Waals surface area contributed by atoms with Gasteiger partial charge in [0.15, 0.2) is 5.65 Å². The van der Waals surface area contributed by atoms with E-state index in [1.165, 1.54) is 0 Å². The molecule has 0 radical (unpaired) electrons. The summed E-state index contributed by atoms with van der Waals surface area (Å²) in [6.07, 6.45) is 1.55. The number of nitrogens with zero attached hydrogens (tertiary/aromatic N) is 3. The normalized spacial score (nSPS) is 12.8. The van der Waals surface area contributed by atoms with Crippen LogP contribution in [0.2, 0.25) is 0 Å². The van der Waals surface area contributed by atoms with Crippen LogP contribution in [0.1, 0.15) is 18.5 Å². The van der Waals surface area contributed by atoms with Crippen LogP contribution in [-0.4, -0.2) is 23.0 Å². The fraction of sp³-hybridized carbons (Fsp3) is 0.100. The van der Waals surface area contributed by atoms with Crippen LogP contribution >= 0.6 is 0 Å². The highest BCUT2D eigenvalue weighted by Crippen LogP contribution is 2.23. The predicted molar refractivity (Wildman–Crippen MR) is 103 cm³/mol. The zero-order chi connectivity index (χ0) is 18.9. The Balaban J connectivity index is 1.72. The van der Waals surface area contributed by atoms with Crippen LogP contribution in [0.15, 0.2) is 88.8 Å². The Hall–Kier alpha value is -3.19. The Morgan fingerprint density at radius 3 is 2.22 bits per heavy atom. The Morgan fingerprint density at radius 2 is 1.52 bits per heavy atom. The monoisotopic (exact) mass is 378 g/mol. The molecule has 0 aliphatic rings. The number of pyridine rings is 1. The van der Waals surface area contributed by atoms with Crippen molar-refractivity contribution in [3.63, 3.8) is 0 Å². The Morgan fingerprint density at radius 1 is 0.852 bits per heavy atom. The molecule has 7 heteroatoms. The molecule has 0 aliphatic carbocycles. The van der Waals surface area contributed by atoms with Crippen molar-refractivity contribution in [2.24, 2.45) is 0 Å². The van der Waals surface area contributed by atoms with Crippen molar-refractivity contribution in [3.05, 3.63) is 84.6 Å². The number of nitrogens with one attached hydrogen (secondary N) is 1. The van der Waals surface area contributed by atoms with E-state index in [1.807, 2.05) is 37.3 Å². The van der Waals surface area contributed by atoms with Gasteiger partial charge in [0.25, 0.3) is 0 Å². The Labute approximate surface area is 157 Å². The quantitative estimate of drug-likeness (QED) is 0.573. The molecule has 4 rings (SSSR count). The van der Waals surface area contributed by atoms with E-state index in [0.717, 1.165) is 5.56 Å². The van der Waals surface area contributed by atoms with Crippen molar-refractivity contribution in [3.8, 4) is 0 Å². The van der Waals surface area contributed by atoms with Gasteiger partial charge in [-0.15, -0.1) is 10.2 Å². The lowest BCUT2D eigenvalue weighted by molar-refractivity contribution is 0.595. The number of benzene rings is 2. The molecule has 0 spiro atoms. The topological polar surface area (TPSA) is 76.4 Å². The third-order valence-corrected chi connectivity index (χ3v) is 6.14. The molecule has 2 aromatic heterocycles. The third kappa shape index (κ3) is 3.29. The molecule has 136 valence electrons. The first-order valence-corrected chi connectivity index (χ1v) is 10.0. The van der Waals surface area contributed by atoms with Gasteiger partial charge in [0.05, 0.1) is 15.8 Å². The third-order valence-electron chi connectivity index (χ3n) is 4.38. The zero-order valence-corrected chi connectivity index (χ0v) is 15.5. The number of rotatable bonds is 5. The van der Waals surface area contributed by atoms with E-state index in [4.69, 9.17) is 0 Å². The number of hydrogen-bond donors (Lipinski definition) is 1. The maximum Gasteiger partial charge on any atom is 0.229 e.